The largest absolute Gasteiger partial charge is 0.325 e. The van der Waals surface area contributed by atoms with Crippen molar-refractivity contribution in [3.8, 4) is 0 Å². The summed E-state index contributed by atoms with van der Waals surface area (Å²) in [5.74, 6) is 0.345. The van der Waals surface area contributed by atoms with E-state index in [4.69, 9.17) is 0 Å². The van der Waals surface area contributed by atoms with Gasteiger partial charge in [0.2, 0.25) is 5.91 Å². The highest BCUT2D eigenvalue weighted by atomic mass is 19.1. The molecule has 1 atom stereocenters. The molecule has 25 heavy (non-hydrogen) atoms. The van der Waals surface area contributed by atoms with Crippen LogP contribution in [0.4, 0.5) is 10.1 Å². The summed E-state index contributed by atoms with van der Waals surface area (Å²) in [4.78, 5) is 14.6. The number of likely N-dealkylation sites (tertiary alicyclic amines) is 1. The van der Waals surface area contributed by atoms with Gasteiger partial charge in [0.05, 0.1) is 6.04 Å². The fourth-order valence-electron chi connectivity index (χ4n) is 3.32. The Morgan fingerprint density at radius 3 is 2.68 bits per heavy atom. The Balaban J connectivity index is 1.43. The Morgan fingerprint density at radius 2 is 2.04 bits per heavy atom. The van der Waals surface area contributed by atoms with Crippen LogP contribution in [0.3, 0.4) is 0 Å². The fraction of sp³-hybridized carbons (Fsp3) is 0.474. The molecular weight excluding hydrogens is 319 g/mol. The number of carbonyl (C=O) groups excluding carboxylic acids is 1. The minimum Gasteiger partial charge on any atom is -0.325 e. The zero-order chi connectivity index (χ0) is 17.6. The number of carbonyl (C=O) groups is 1. The van der Waals surface area contributed by atoms with Crippen LogP contribution >= 0.6 is 0 Å². The van der Waals surface area contributed by atoms with Gasteiger partial charge in [-0.15, -0.1) is 0 Å². The molecule has 1 aromatic heterocycles. The Labute approximate surface area is 147 Å². The smallest absolute Gasteiger partial charge is 0.241 e. The predicted octanol–water partition coefficient (Wildman–Crippen LogP) is 3.15. The molecule has 1 N–H and O–H groups in total. The highest BCUT2D eigenvalue weighted by molar-refractivity contribution is 5.94. The zero-order valence-corrected chi connectivity index (χ0v) is 14.6. The molecule has 3 rings (SSSR count). The van der Waals surface area contributed by atoms with Gasteiger partial charge in [0.15, 0.2) is 0 Å². The van der Waals surface area contributed by atoms with Crippen molar-refractivity contribution in [3.63, 3.8) is 0 Å². The summed E-state index contributed by atoms with van der Waals surface area (Å²) >= 11 is 0. The molecule has 0 radical (unpaired) electrons. The fourth-order valence-corrected chi connectivity index (χ4v) is 3.32. The van der Waals surface area contributed by atoms with Crippen LogP contribution < -0.4 is 5.32 Å². The van der Waals surface area contributed by atoms with Gasteiger partial charge in [0.25, 0.3) is 0 Å². The van der Waals surface area contributed by atoms with Crippen molar-refractivity contribution in [3.05, 3.63) is 48.5 Å². The first-order valence-electron chi connectivity index (χ1n) is 8.90. The predicted molar refractivity (Wildman–Crippen MR) is 95.6 cm³/mol. The lowest BCUT2D eigenvalue weighted by atomic mass is 9.93. The lowest BCUT2D eigenvalue weighted by Crippen LogP contribution is -2.46. The quantitative estimate of drug-likeness (QED) is 0.876. The Hall–Kier alpha value is -2.21. The third kappa shape index (κ3) is 4.89. The maximum Gasteiger partial charge on any atom is 0.241 e. The number of rotatable bonds is 6. The van der Waals surface area contributed by atoms with E-state index in [2.05, 4.69) is 15.3 Å². The van der Waals surface area contributed by atoms with Gasteiger partial charge in [-0.2, -0.15) is 5.10 Å². The van der Waals surface area contributed by atoms with Gasteiger partial charge in [-0.25, -0.2) is 4.39 Å². The third-order valence-corrected chi connectivity index (χ3v) is 5.01. The normalized spacial score (nSPS) is 17.4. The molecule has 0 spiro atoms. The topological polar surface area (TPSA) is 50.2 Å². The second kappa shape index (κ2) is 8.25. The van der Waals surface area contributed by atoms with Crippen LogP contribution in [0.2, 0.25) is 0 Å². The van der Waals surface area contributed by atoms with Gasteiger partial charge >= 0.3 is 0 Å². The number of halogens is 1. The van der Waals surface area contributed by atoms with E-state index in [1.54, 1.807) is 12.1 Å². The summed E-state index contributed by atoms with van der Waals surface area (Å²) < 4.78 is 14.9. The lowest BCUT2D eigenvalue weighted by Gasteiger charge is -2.35. The first kappa shape index (κ1) is 17.6. The van der Waals surface area contributed by atoms with Crippen LogP contribution in [-0.2, 0) is 11.3 Å². The van der Waals surface area contributed by atoms with Crippen LogP contribution in [-0.4, -0.2) is 39.7 Å². The van der Waals surface area contributed by atoms with Gasteiger partial charge in [-0.3, -0.25) is 14.4 Å². The molecule has 2 aromatic rings. The number of piperidine rings is 1. The summed E-state index contributed by atoms with van der Waals surface area (Å²) in [5.41, 5.74) is 0.632. The molecule has 1 aromatic carbocycles. The van der Waals surface area contributed by atoms with E-state index >= 15 is 0 Å². The Morgan fingerprint density at radius 1 is 1.32 bits per heavy atom. The molecule has 0 bridgehead atoms. The Kier molecular flexibility index (Phi) is 5.81. The second-order valence-corrected chi connectivity index (χ2v) is 6.71. The number of hydrogen-bond acceptors (Lipinski definition) is 3. The van der Waals surface area contributed by atoms with E-state index in [0.29, 0.717) is 11.6 Å². The standard InChI is InChI=1S/C19H25FN4O/c1-15(19(25)22-18-5-3-17(20)4-6-18)23-12-7-16(8-13-23)9-14-24-11-2-10-21-24/h2-6,10-11,15-16H,7-9,12-14H2,1H3,(H,22,25). The summed E-state index contributed by atoms with van der Waals surface area (Å²) in [6.07, 6.45) is 7.15. The minimum atomic E-state index is -0.303. The molecule has 1 amide bonds. The van der Waals surface area contributed by atoms with E-state index in [1.165, 1.54) is 12.1 Å². The summed E-state index contributed by atoms with van der Waals surface area (Å²) in [6.45, 7) is 4.75. The van der Waals surface area contributed by atoms with E-state index in [0.717, 1.165) is 38.9 Å². The minimum absolute atomic E-state index is 0.0402. The average molecular weight is 344 g/mol. The van der Waals surface area contributed by atoms with Crippen LogP contribution in [0.15, 0.2) is 42.7 Å². The van der Waals surface area contributed by atoms with Crippen LogP contribution in [0.1, 0.15) is 26.2 Å². The lowest BCUT2D eigenvalue weighted by molar-refractivity contribution is -0.121. The second-order valence-electron chi connectivity index (χ2n) is 6.71. The number of aromatic nitrogens is 2. The summed E-state index contributed by atoms with van der Waals surface area (Å²) in [6, 6.07) is 7.64. The van der Waals surface area contributed by atoms with E-state index in [-0.39, 0.29) is 17.8 Å². The van der Waals surface area contributed by atoms with Gasteiger partial charge in [0, 0.05) is 24.6 Å². The van der Waals surface area contributed by atoms with Gasteiger partial charge < -0.3 is 5.32 Å². The zero-order valence-electron chi connectivity index (χ0n) is 14.6. The van der Waals surface area contributed by atoms with Crippen LogP contribution in [0.5, 0.6) is 0 Å². The molecule has 1 unspecified atom stereocenters. The van der Waals surface area contributed by atoms with E-state index in [1.807, 2.05) is 30.1 Å². The van der Waals surface area contributed by atoms with E-state index < -0.39 is 0 Å². The van der Waals surface area contributed by atoms with Crippen molar-refractivity contribution >= 4 is 11.6 Å². The maximum absolute atomic E-state index is 12.9. The molecule has 1 saturated heterocycles. The van der Waals surface area contributed by atoms with Crippen molar-refractivity contribution in [2.75, 3.05) is 18.4 Å². The molecule has 0 aliphatic carbocycles. The monoisotopic (exact) mass is 344 g/mol. The molecule has 5 nitrogen and oxygen atoms in total. The van der Waals surface area contributed by atoms with Crippen molar-refractivity contribution in [2.24, 2.45) is 5.92 Å². The van der Waals surface area contributed by atoms with Gasteiger partial charge in [-0.05, 0) is 75.5 Å². The average Bonchev–Trinajstić information content (AvgIpc) is 3.15. The number of nitrogens with zero attached hydrogens (tertiary/aromatic N) is 3. The first-order valence-corrected chi connectivity index (χ1v) is 8.90. The number of anilines is 1. The first-order chi connectivity index (χ1) is 12.1. The van der Waals surface area contributed by atoms with Crippen molar-refractivity contribution in [1.82, 2.24) is 14.7 Å². The van der Waals surface area contributed by atoms with Crippen molar-refractivity contribution in [1.29, 1.82) is 0 Å². The van der Waals surface area contributed by atoms with Crippen molar-refractivity contribution < 1.29 is 9.18 Å². The Bertz CT molecular complexity index is 663. The van der Waals surface area contributed by atoms with E-state index in [9.17, 15) is 9.18 Å². The highest BCUT2D eigenvalue weighted by Gasteiger charge is 2.26. The maximum atomic E-state index is 12.9. The highest BCUT2D eigenvalue weighted by Crippen LogP contribution is 2.23. The number of aryl methyl sites for hydroxylation is 1. The number of hydrogen-bond donors (Lipinski definition) is 1. The molecule has 0 saturated carbocycles. The number of benzene rings is 1. The van der Waals surface area contributed by atoms with Crippen LogP contribution in [0.25, 0.3) is 0 Å². The molecule has 6 heteroatoms. The van der Waals surface area contributed by atoms with Crippen LogP contribution in [0, 0.1) is 11.7 Å². The SMILES string of the molecule is CC(C(=O)Nc1ccc(F)cc1)N1CCC(CCn2cccn2)CC1. The summed E-state index contributed by atoms with van der Waals surface area (Å²) in [7, 11) is 0. The number of nitrogens with one attached hydrogen (secondary N) is 1. The molecule has 1 aliphatic rings. The summed E-state index contributed by atoms with van der Waals surface area (Å²) in [5, 5.41) is 7.10. The molecule has 2 heterocycles. The molecule has 1 fully saturated rings. The van der Waals surface area contributed by atoms with Crippen molar-refractivity contribution in [2.45, 2.75) is 38.8 Å². The molecular formula is C19H25FN4O. The number of amides is 1. The van der Waals surface area contributed by atoms with Gasteiger partial charge in [-0.1, -0.05) is 0 Å². The molecule has 134 valence electrons. The van der Waals surface area contributed by atoms with Gasteiger partial charge in [0.1, 0.15) is 5.82 Å². The third-order valence-electron chi connectivity index (χ3n) is 5.01. The molecule has 1 aliphatic heterocycles.